The van der Waals surface area contributed by atoms with E-state index in [-0.39, 0.29) is 5.91 Å². The Morgan fingerprint density at radius 2 is 1.77 bits per heavy atom. The zero-order valence-electron chi connectivity index (χ0n) is 16.6. The highest BCUT2D eigenvalue weighted by Crippen LogP contribution is 2.29. The first-order valence-corrected chi connectivity index (χ1v) is 11.1. The number of aryl methyl sites for hydroxylation is 1. The van der Waals surface area contributed by atoms with Gasteiger partial charge in [-0.1, -0.05) is 59.1 Å². The molecule has 0 saturated carbocycles. The van der Waals surface area contributed by atoms with Crippen molar-refractivity contribution < 1.29 is 9.53 Å². The highest BCUT2D eigenvalue weighted by Gasteiger charge is 2.23. The standard InChI is InChI=1S/C24H18Cl2N2O2S/c1-15-2-8-19(9-3-15)27-24-28-23(29)22(31-24)12-16-4-10-20(11-5-16)30-14-17-6-7-18(25)13-21(17)26/h2-13H,14H2,1H3,(H,27,28,29)/b22-12-. The molecule has 3 aromatic rings. The van der Waals surface area contributed by atoms with Gasteiger partial charge in [0.2, 0.25) is 0 Å². The van der Waals surface area contributed by atoms with Crippen molar-refractivity contribution >= 4 is 57.8 Å². The molecule has 156 valence electrons. The summed E-state index contributed by atoms with van der Waals surface area (Å²) >= 11 is 13.4. The molecule has 1 N–H and O–H groups in total. The van der Waals surface area contributed by atoms with Crippen molar-refractivity contribution in [3.05, 3.63) is 98.4 Å². The number of hydrogen-bond donors (Lipinski definition) is 1. The van der Waals surface area contributed by atoms with E-state index in [1.165, 1.54) is 11.8 Å². The molecule has 1 amide bonds. The second-order valence-electron chi connectivity index (χ2n) is 6.91. The molecule has 7 heteroatoms. The van der Waals surface area contributed by atoms with E-state index >= 15 is 0 Å². The molecule has 0 atom stereocenters. The van der Waals surface area contributed by atoms with Gasteiger partial charge in [-0.25, -0.2) is 4.99 Å². The second-order valence-corrected chi connectivity index (χ2v) is 8.79. The monoisotopic (exact) mass is 468 g/mol. The first kappa shape index (κ1) is 21.5. The summed E-state index contributed by atoms with van der Waals surface area (Å²) in [5.41, 5.74) is 3.72. The number of rotatable bonds is 5. The molecule has 0 aliphatic carbocycles. The van der Waals surface area contributed by atoms with Gasteiger partial charge in [-0.2, -0.15) is 0 Å². The minimum Gasteiger partial charge on any atom is -0.489 e. The fraction of sp³-hybridized carbons (Fsp3) is 0.0833. The summed E-state index contributed by atoms with van der Waals surface area (Å²) in [4.78, 5) is 17.4. The number of hydrogen-bond acceptors (Lipinski definition) is 4. The van der Waals surface area contributed by atoms with Gasteiger partial charge >= 0.3 is 0 Å². The SMILES string of the molecule is Cc1ccc(N=C2NC(=O)/C(=C/c3ccc(OCc4ccc(Cl)cc4Cl)cc3)S2)cc1. The molecule has 0 unspecified atom stereocenters. The van der Waals surface area contributed by atoms with Crippen molar-refractivity contribution in [1.82, 2.24) is 5.32 Å². The van der Waals surface area contributed by atoms with Crippen LogP contribution in [0.5, 0.6) is 5.75 Å². The molecule has 3 aromatic carbocycles. The molecule has 1 saturated heterocycles. The van der Waals surface area contributed by atoms with E-state index in [1.807, 2.05) is 67.6 Å². The van der Waals surface area contributed by atoms with E-state index < -0.39 is 0 Å². The van der Waals surface area contributed by atoms with E-state index in [9.17, 15) is 4.79 Å². The Labute approximate surface area is 194 Å². The van der Waals surface area contributed by atoms with Crippen molar-refractivity contribution in [2.45, 2.75) is 13.5 Å². The van der Waals surface area contributed by atoms with Crippen LogP contribution >= 0.6 is 35.0 Å². The lowest BCUT2D eigenvalue weighted by Crippen LogP contribution is -2.19. The van der Waals surface area contributed by atoms with Gasteiger partial charge in [-0.05, 0) is 66.7 Å². The average molecular weight is 469 g/mol. The Hall–Kier alpha value is -2.73. The van der Waals surface area contributed by atoms with Crippen LogP contribution in [0, 0.1) is 6.92 Å². The Balaban J connectivity index is 1.40. The van der Waals surface area contributed by atoms with Crippen LogP contribution in [0.3, 0.4) is 0 Å². The van der Waals surface area contributed by atoms with E-state index in [0.29, 0.717) is 32.5 Å². The maximum absolute atomic E-state index is 12.3. The van der Waals surface area contributed by atoms with E-state index in [1.54, 1.807) is 12.1 Å². The first-order chi connectivity index (χ1) is 15.0. The quantitative estimate of drug-likeness (QED) is 0.420. The van der Waals surface area contributed by atoms with Crippen LogP contribution in [-0.2, 0) is 11.4 Å². The lowest BCUT2D eigenvalue weighted by molar-refractivity contribution is -0.115. The summed E-state index contributed by atoms with van der Waals surface area (Å²) in [6, 6.07) is 20.6. The predicted octanol–water partition coefficient (Wildman–Crippen LogP) is 6.77. The summed E-state index contributed by atoms with van der Waals surface area (Å²) in [5, 5.41) is 4.54. The van der Waals surface area contributed by atoms with Crippen molar-refractivity contribution in [2.24, 2.45) is 4.99 Å². The Bertz CT molecular complexity index is 1170. The van der Waals surface area contributed by atoms with Gasteiger partial charge < -0.3 is 10.1 Å². The fourth-order valence-corrected chi connectivity index (χ4v) is 4.13. The van der Waals surface area contributed by atoms with E-state index in [2.05, 4.69) is 10.3 Å². The number of amidine groups is 1. The number of nitrogens with zero attached hydrogens (tertiary/aromatic N) is 1. The molecule has 0 spiro atoms. The van der Waals surface area contributed by atoms with Gasteiger partial charge in [-0.15, -0.1) is 0 Å². The van der Waals surface area contributed by atoms with Crippen LogP contribution in [0.2, 0.25) is 10.0 Å². The number of ether oxygens (including phenoxy) is 1. The average Bonchev–Trinajstić information content (AvgIpc) is 3.09. The maximum atomic E-state index is 12.3. The maximum Gasteiger partial charge on any atom is 0.264 e. The zero-order chi connectivity index (χ0) is 21.8. The largest absolute Gasteiger partial charge is 0.489 e. The van der Waals surface area contributed by atoms with Crippen molar-refractivity contribution in [2.75, 3.05) is 0 Å². The molecule has 1 fully saturated rings. The number of aliphatic imine (C=N–C) groups is 1. The number of carbonyl (C=O) groups is 1. The fourth-order valence-electron chi connectivity index (χ4n) is 2.83. The summed E-state index contributed by atoms with van der Waals surface area (Å²) in [6.45, 7) is 2.36. The molecule has 4 nitrogen and oxygen atoms in total. The van der Waals surface area contributed by atoms with Crippen LogP contribution in [0.4, 0.5) is 5.69 Å². The number of nitrogens with one attached hydrogen (secondary N) is 1. The molecule has 31 heavy (non-hydrogen) atoms. The van der Waals surface area contributed by atoms with Gasteiger partial charge in [-0.3, -0.25) is 4.79 Å². The third-order valence-electron chi connectivity index (χ3n) is 4.50. The van der Waals surface area contributed by atoms with Crippen molar-refractivity contribution in [3.63, 3.8) is 0 Å². The Kier molecular flexibility index (Phi) is 6.66. The third kappa shape index (κ3) is 5.70. The van der Waals surface area contributed by atoms with Gasteiger partial charge in [0, 0.05) is 15.6 Å². The molecule has 0 bridgehead atoms. The minimum absolute atomic E-state index is 0.159. The molecular weight excluding hydrogens is 451 g/mol. The third-order valence-corrected chi connectivity index (χ3v) is 6.00. The summed E-state index contributed by atoms with van der Waals surface area (Å²) in [6.07, 6.45) is 1.83. The van der Waals surface area contributed by atoms with Crippen molar-refractivity contribution in [3.8, 4) is 5.75 Å². The molecular formula is C24H18Cl2N2O2S. The number of amides is 1. The van der Waals surface area contributed by atoms with Crippen LogP contribution < -0.4 is 10.1 Å². The summed E-state index contributed by atoms with van der Waals surface area (Å²) in [5.74, 6) is 0.548. The van der Waals surface area contributed by atoms with Crippen LogP contribution in [0.25, 0.3) is 6.08 Å². The van der Waals surface area contributed by atoms with Gasteiger partial charge in [0.1, 0.15) is 12.4 Å². The second kappa shape index (κ2) is 9.60. The van der Waals surface area contributed by atoms with Crippen LogP contribution in [0.15, 0.2) is 76.6 Å². The molecule has 1 aliphatic heterocycles. The van der Waals surface area contributed by atoms with Crippen molar-refractivity contribution in [1.29, 1.82) is 0 Å². The number of benzene rings is 3. The van der Waals surface area contributed by atoms with Gasteiger partial charge in [0.15, 0.2) is 5.17 Å². The van der Waals surface area contributed by atoms with Gasteiger partial charge in [0.25, 0.3) is 5.91 Å². The molecule has 0 aromatic heterocycles. The normalized spacial score (nSPS) is 16.0. The van der Waals surface area contributed by atoms with Crippen LogP contribution in [0.1, 0.15) is 16.7 Å². The smallest absolute Gasteiger partial charge is 0.264 e. The van der Waals surface area contributed by atoms with E-state index in [0.717, 1.165) is 22.4 Å². The van der Waals surface area contributed by atoms with Gasteiger partial charge in [0.05, 0.1) is 10.6 Å². The topological polar surface area (TPSA) is 50.7 Å². The number of carbonyl (C=O) groups excluding carboxylic acids is 1. The Morgan fingerprint density at radius 1 is 1.03 bits per heavy atom. The first-order valence-electron chi connectivity index (χ1n) is 9.49. The molecule has 1 heterocycles. The predicted molar refractivity (Wildman–Crippen MR) is 129 cm³/mol. The Morgan fingerprint density at radius 3 is 2.48 bits per heavy atom. The van der Waals surface area contributed by atoms with E-state index in [4.69, 9.17) is 27.9 Å². The lowest BCUT2D eigenvalue weighted by atomic mass is 10.2. The zero-order valence-corrected chi connectivity index (χ0v) is 18.9. The summed E-state index contributed by atoms with van der Waals surface area (Å²) < 4.78 is 5.80. The molecule has 1 aliphatic rings. The number of thioether (sulfide) groups is 1. The minimum atomic E-state index is -0.159. The summed E-state index contributed by atoms with van der Waals surface area (Å²) in [7, 11) is 0. The van der Waals surface area contributed by atoms with Crippen LogP contribution in [-0.4, -0.2) is 11.1 Å². The number of halogens is 2. The molecule has 4 rings (SSSR count). The highest BCUT2D eigenvalue weighted by atomic mass is 35.5. The molecule has 0 radical (unpaired) electrons. The highest BCUT2D eigenvalue weighted by molar-refractivity contribution is 8.18. The lowest BCUT2D eigenvalue weighted by Gasteiger charge is -2.08.